The zero-order chi connectivity index (χ0) is 98.2. The van der Waals surface area contributed by atoms with Crippen molar-refractivity contribution in [2.45, 2.75) is 391 Å². The maximum Gasteiger partial charge on any atom is 0.410 e. The molecule has 15 atom stereocenters. The first-order valence-corrected chi connectivity index (χ1v) is 53.9. The molecule has 20 bridgehead atoms. The van der Waals surface area contributed by atoms with Crippen LogP contribution in [0.4, 0.5) is 28.8 Å². The van der Waals surface area contributed by atoms with Crippen LogP contribution in [0.25, 0.3) is 0 Å². The van der Waals surface area contributed by atoms with Crippen molar-refractivity contribution in [2.75, 3.05) is 65.4 Å². The molecule has 0 radical (unpaired) electrons. The number of nitrogens with one attached hydrogen (secondary N) is 4. The van der Waals surface area contributed by atoms with Crippen molar-refractivity contribution in [3.8, 4) is 0 Å². The number of primary amides is 1. The van der Waals surface area contributed by atoms with E-state index in [-0.39, 0.29) is 167 Å². The molecular formula is C105H163N11O22. The Kier molecular flexibility index (Phi) is 31.8. The van der Waals surface area contributed by atoms with E-state index in [9.17, 15) is 77.3 Å². The van der Waals surface area contributed by atoms with E-state index < -0.39 is 34.5 Å². The lowest BCUT2D eigenvalue weighted by Gasteiger charge is -2.58. The summed E-state index contributed by atoms with van der Waals surface area (Å²) in [6.07, 6.45) is 35.3. The van der Waals surface area contributed by atoms with Gasteiger partial charge in [0.15, 0.2) is 0 Å². The molecule has 0 aromatic rings. The van der Waals surface area contributed by atoms with E-state index in [0.29, 0.717) is 182 Å². The maximum atomic E-state index is 12.8. The summed E-state index contributed by atoms with van der Waals surface area (Å²) >= 11 is 0. The van der Waals surface area contributed by atoms with E-state index in [1.165, 1.54) is 0 Å². The number of aliphatic carboxylic acids is 2. The Morgan fingerprint density at radius 1 is 0.326 bits per heavy atom. The van der Waals surface area contributed by atoms with Crippen molar-refractivity contribution < 1.29 is 106 Å². The van der Waals surface area contributed by atoms with Gasteiger partial charge in [0.2, 0.25) is 23.6 Å². The van der Waals surface area contributed by atoms with Crippen molar-refractivity contribution in [1.82, 2.24) is 45.8 Å². The highest BCUT2D eigenvalue weighted by atomic mass is 16.6. The molecule has 10 amide bonds. The van der Waals surface area contributed by atoms with Crippen molar-refractivity contribution in [3.63, 3.8) is 0 Å². The number of hydrogen-bond donors (Lipinski definition) is 8. The fourth-order valence-electron chi connectivity index (χ4n) is 31.6. The van der Waals surface area contributed by atoms with Gasteiger partial charge in [-0.25, -0.2) is 28.8 Å². The van der Waals surface area contributed by atoms with Gasteiger partial charge in [-0.05, 0) is 335 Å². The first-order valence-electron chi connectivity index (χ1n) is 53.9. The van der Waals surface area contributed by atoms with Gasteiger partial charge in [-0.15, -0.1) is 0 Å². The van der Waals surface area contributed by atoms with E-state index in [1.807, 2.05) is 20.8 Å². The van der Waals surface area contributed by atoms with Crippen LogP contribution in [-0.2, 0) is 66.8 Å². The molecule has 0 aromatic heterocycles. The summed E-state index contributed by atoms with van der Waals surface area (Å²) in [7, 11) is 0. The molecule has 138 heavy (non-hydrogen) atoms. The predicted octanol–water partition coefficient (Wildman–Crippen LogP) is 14.4. The number of nitrogens with zero attached hydrogens (tertiary/aromatic N) is 5. The van der Waals surface area contributed by atoms with Gasteiger partial charge in [0, 0.05) is 120 Å². The number of rotatable bonds is 26. The van der Waals surface area contributed by atoms with E-state index in [2.05, 4.69) is 42.0 Å². The monoisotopic (exact) mass is 1930 g/mol. The van der Waals surface area contributed by atoms with Crippen LogP contribution in [0.15, 0.2) is 0 Å². The molecule has 33 nitrogen and oxygen atoms in total. The largest absolute Gasteiger partial charge is 0.481 e. The summed E-state index contributed by atoms with van der Waals surface area (Å²) in [6, 6.07) is 0.00753. The van der Waals surface area contributed by atoms with Crippen LogP contribution >= 0.6 is 0 Å². The van der Waals surface area contributed by atoms with Gasteiger partial charge in [-0.3, -0.25) is 38.4 Å². The highest BCUT2D eigenvalue weighted by molar-refractivity contribution is 5.85. The second-order valence-electron chi connectivity index (χ2n) is 48.5. The van der Waals surface area contributed by atoms with Gasteiger partial charge in [0.1, 0.15) is 47.7 Å². The van der Waals surface area contributed by atoms with E-state index in [0.717, 1.165) is 218 Å². The summed E-state index contributed by atoms with van der Waals surface area (Å²) in [4.78, 5) is 180. The number of Topliss-reactive ketones (excluding diaryl/α,β-unsaturated/α-hetero) is 2. The van der Waals surface area contributed by atoms with E-state index in [1.54, 1.807) is 38.3 Å². The third-order valence-corrected chi connectivity index (χ3v) is 37.1. The number of carboxylic acid groups (broad SMARTS) is 2. The van der Waals surface area contributed by atoms with Gasteiger partial charge in [0.25, 0.3) is 0 Å². The molecule has 5 aliphatic heterocycles. The lowest BCUT2D eigenvalue weighted by molar-refractivity contribution is -0.180. The Hall–Kier alpha value is -8.26. The summed E-state index contributed by atoms with van der Waals surface area (Å²) in [5, 5.41) is 31.5. The highest BCUT2D eigenvalue weighted by Gasteiger charge is 2.65. The molecule has 5 heterocycles. The average molecular weight is 1930 g/mol. The normalized spacial score (nSPS) is 39.0. The fraction of sp³-hybridized carbons (Fsp3) is 0.867. The number of ether oxygens (including phenoxy) is 6. The van der Waals surface area contributed by atoms with Gasteiger partial charge in [-0.2, -0.15) is 0 Å². The number of alkyl carbamates (subject to hydrolysis) is 1. The SMILES string of the molecule is CC(=O)C12CC3CC(C1)C(OC(=O)N1CC[C@@H](N)C1)C(C3)C2.CC(C)(C)OC(=O)N[C@@H]1CCN(C(=O)OC2C3CC4CC2CC(C(=O)O)(C4)C3)C1.CCCCCC(=O)N[C@@H]1CCN(C(=O)OC2C3CC4CC2CC(C(=O)O)(C4)C3)C1.CCCCCC(=O)N[C@@H]1CCN(C(=O)OC2C3CC4CC2CC(C(C)=O)(C4)C3)C1.CCCCCC(=O)N[C@@H]1CCN(C(=O)OC2C3CC4CC2CC(C(N)=O)(C4)C3)C1. The summed E-state index contributed by atoms with van der Waals surface area (Å²) < 4.78 is 35.1. The number of ketones is 2. The minimum atomic E-state index is -0.683. The number of carboxylic acids is 2. The molecule has 20 aliphatic carbocycles. The lowest BCUT2D eigenvalue weighted by atomic mass is 9.47. The molecule has 5 saturated heterocycles. The van der Waals surface area contributed by atoms with Crippen LogP contribution in [0.3, 0.4) is 0 Å². The van der Waals surface area contributed by atoms with Crippen LogP contribution in [-0.4, -0.2) is 250 Å². The first kappa shape index (κ1) is 103. The van der Waals surface area contributed by atoms with Gasteiger partial charge in [-0.1, -0.05) is 59.3 Å². The van der Waals surface area contributed by atoms with Crippen LogP contribution in [0.5, 0.6) is 0 Å². The molecular weight excluding hydrogens is 1770 g/mol. The van der Waals surface area contributed by atoms with Crippen LogP contribution in [0.1, 0.15) is 325 Å². The minimum Gasteiger partial charge on any atom is -0.481 e. The Labute approximate surface area is 815 Å². The smallest absolute Gasteiger partial charge is 0.410 e. The quantitative estimate of drug-likeness (QED) is 0.0294. The van der Waals surface area contributed by atoms with Crippen molar-refractivity contribution >= 4 is 83.7 Å². The molecule has 33 heteroatoms. The lowest BCUT2D eigenvalue weighted by Crippen LogP contribution is -2.59. The van der Waals surface area contributed by atoms with Crippen LogP contribution < -0.4 is 32.7 Å². The molecule has 25 fully saturated rings. The van der Waals surface area contributed by atoms with Gasteiger partial charge < -0.3 is 95.9 Å². The van der Waals surface area contributed by atoms with Crippen LogP contribution in [0, 0.1) is 116 Å². The Morgan fingerprint density at radius 3 is 0.790 bits per heavy atom. The van der Waals surface area contributed by atoms with E-state index >= 15 is 0 Å². The van der Waals surface area contributed by atoms with Crippen LogP contribution in [0.2, 0.25) is 0 Å². The number of nitrogens with two attached hydrogens (primary N) is 2. The van der Waals surface area contributed by atoms with Crippen molar-refractivity contribution in [1.29, 1.82) is 0 Å². The number of unbranched alkanes of at least 4 members (excludes halogenated alkanes) is 6. The highest BCUT2D eigenvalue weighted by Crippen LogP contribution is 2.66. The standard InChI is InChI=1S/C23H36N2O4.C22H35N3O4.C22H34N2O5.C21H32N2O6.C17H26N2O3/c1-3-4-5-6-20(27)24-19-7-8-25(14-19)22(28)29-21-17-9-16-10-18(21)13-23(11-16,12-17)15(2)26;1-2-3-4-5-18(26)24-17-6-7-25(13-17)21(28)29-19-15-8-14-9-16(19)12-22(10-14,11-15)20(23)27;1-2-3-4-5-18(25)23-17-6-7-24(13-17)21(28)29-19-15-8-14-9-16(19)12-22(10-14,11-15)20(26)27;1-20(2,3)29-18(26)22-15-4-5-23(11-15)19(27)28-16-13-6-12-7-14(16)10-21(8-12,9-13)17(24)25;1-10(20)17-6-11-4-12(7-17)15(13(5-11)8-17)22-16(21)19-3-2-14(18)9-19/h16-19,21H,3-14H2,1-2H3,(H,24,27);14-17,19H,2-13H2,1H3,(H2,23,27)(H,24,26);14-17,19H,2-13H2,1H3,(H,23,25)(H,26,27);12-16H,4-11H2,1-3H3,(H,22,26)(H,24,25);11-15H,2-9,18H2,1H3/t16?,17?,18?,19-,21?,23?;2*14?,15?,16?,17-,19?,22?;12?,13?,14?,15-,16?,21?;11?,12?,13?,14-,15?,17?/m11111/s1. The Bertz CT molecular complexity index is 4120. The maximum absolute atomic E-state index is 12.8. The fourth-order valence-corrected chi connectivity index (χ4v) is 31.6. The number of carbonyl (C=O) groups is 14. The zero-order valence-corrected chi connectivity index (χ0v) is 83.7. The second-order valence-corrected chi connectivity index (χ2v) is 48.5. The van der Waals surface area contributed by atoms with Crippen molar-refractivity contribution in [3.05, 3.63) is 0 Å². The number of carbonyl (C=O) groups excluding carboxylic acids is 12. The number of hydrogen-bond acceptors (Lipinski definition) is 21. The molecule has 10 unspecified atom stereocenters. The van der Waals surface area contributed by atoms with Gasteiger partial charge >= 0.3 is 48.5 Å². The zero-order valence-electron chi connectivity index (χ0n) is 83.7. The predicted molar refractivity (Wildman–Crippen MR) is 507 cm³/mol. The average Bonchev–Trinajstić information content (AvgIpc) is 0.809. The molecule has 25 aliphatic rings. The topological polar surface area (TPSA) is 451 Å². The molecule has 770 valence electrons. The third-order valence-electron chi connectivity index (χ3n) is 37.1. The third kappa shape index (κ3) is 23.1. The number of likely N-dealkylation sites (tertiary alicyclic amines) is 5. The molecule has 25 rings (SSSR count). The summed E-state index contributed by atoms with van der Waals surface area (Å²) in [5.74, 6) is 4.79. The molecule has 0 spiro atoms. The molecule has 10 N–H and O–H groups in total. The summed E-state index contributed by atoms with van der Waals surface area (Å²) in [6.45, 7) is 21.0. The number of amides is 10. The Morgan fingerprint density at radius 2 is 0.558 bits per heavy atom. The minimum absolute atomic E-state index is 0.00505. The van der Waals surface area contributed by atoms with E-state index in [4.69, 9.17) is 39.9 Å². The molecule has 20 saturated carbocycles. The first-order chi connectivity index (χ1) is 65.7. The van der Waals surface area contributed by atoms with Gasteiger partial charge in [0.05, 0.1) is 22.3 Å². The second kappa shape index (κ2) is 42.7. The van der Waals surface area contributed by atoms with Crippen molar-refractivity contribution in [2.24, 2.45) is 127 Å². The molecule has 0 aromatic carbocycles. The Balaban J connectivity index is 0.000000125. The summed E-state index contributed by atoms with van der Waals surface area (Å²) in [5.41, 5.74) is 9.27.